The molecule has 1 atom stereocenters. The Labute approximate surface area is 180 Å². The van der Waals surface area contributed by atoms with Gasteiger partial charge in [0.05, 0.1) is 0 Å². The Morgan fingerprint density at radius 3 is 2.38 bits per heavy atom. The van der Waals surface area contributed by atoms with Crippen molar-refractivity contribution in [2.45, 2.75) is 83.5 Å². The number of hydrogen-bond donors (Lipinski definition) is 0. The molecular weight excluding hydrogens is 375 g/mol. The first-order valence-corrected chi connectivity index (χ1v) is 12.2. The molecule has 1 heterocycles. The van der Waals surface area contributed by atoms with E-state index in [2.05, 4.69) is 32.1 Å². The standard InChI is InChI=1S/C27H35FS/c1-3-5-7-11-15-23-16-17-26(29-23)27(19-12-6-4-2)20-18-24(25(28)21-27)22-13-9-8-10-14-22/h8-10,13-14,16-18,20H,3-7,11-12,15,19,21H2,1-2H3. The number of aryl methyl sites for hydroxylation is 1. The van der Waals surface area contributed by atoms with E-state index in [1.807, 2.05) is 47.7 Å². The van der Waals surface area contributed by atoms with Gasteiger partial charge in [0.15, 0.2) is 0 Å². The fraction of sp³-hybridized carbons (Fsp3) is 0.481. The van der Waals surface area contributed by atoms with Crippen molar-refractivity contribution in [3.8, 4) is 0 Å². The van der Waals surface area contributed by atoms with Crippen LogP contribution in [0.2, 0.25) is 0 Å². The second kappa shape index (κ2) is 10.9. The summed E-state index contributed by atoms with van der Waals surface area (Å²) in [5.41, 5.74) is 1.56. The molecule has 1 aromatic heterocycles. The highest BCUT2D eigenvalue weighted by Gasteiger charge is 2.35. The van der Waals surface area contributed by atoms with Crippen LogP contribution in [-0.4, -0.2) is 0 Å². The third-order valence-corrected chi connectivity index (χ3v) is 7.44. The molecule has 3 rings (SSSR count). The third-order valence-electron chi connectivity index (χ3n) is 6.07. The van der Waals surface area contributed by atoms with Gasteiger partial charge in [0.2, 0.25) is 0 Å². The molecule has 0 saturated heterocycles. The molecular formula is C27H35FS. The molecule has 2 aromatic rings. The van der Waals surface area contributed by atoms with E-state index in [1.165, 1.54) is 48.3 Å². The summed E-state index contributed by atoms with van der Waals surface area (Å²) >= 11 is 1.91. The molecule has 0 radical (unpaired) electrons. The maximum Gasteiger partial charge on any atom is 0.109 e. The monoisotopic (exact) mass is 410 g/mol. The van der Waals surface area contributed by atoms with Crippen molar-refractivity contribution in [2.75, 3.05) is 0 Å². The van der Waals surface area contributed by atoms with E-state index >= 15 is 4.39 Å². The minimum Gasteiger partial charge on any atom is -0.211 e. The van der Waals surface area contributed by atoms with Crippen molar-refractivity contribution in [3.05, 3.63) is 75.8 Å². The second-order valence-corrected chi connectivity index (χ2v) is 9.55. The van der Waals surface area contributed by atoms with Gasteiger partial charge in [-0.15, -0.1) is 11.3 Å². The first-order valence-electron chi connectivity index (χ1n) is 11.4. The highest BCUT2D eigenvalue weighted by atomic mass is 32.1. The molecule has 1 aliphatic carbocycles. The average molecular weight is 411 g/mol. The number of hydrogen-bond acceptors (Lipinski definition) is 1. The topological polar surface area (TPSA) is 0 Å². The Balaban J connectivity index is 1.80. The number of benzene rings is 1. The van der Waals surface area contributed by atoms with Crippen LogP contribution in [-0.2, 0) is 11.8 Å². The van der Waals surface area contributed by atoms with Crippen LogP contribution in [0.4, 0.5) is 4.39 Å². The van der Waals surface area contributed by atoms with Crippen molar-refractivity contribution < 1.29 is 4.39 Å². The summed E-state index contributed by atoms with van der Waals surface area (Å²) in [6.07, 6.45) is 15.8. The summed E-state index contributed by atoms with van der Waals surface area (Å²) in [7, 11) is 0. The highest BCUT2D eigenvalue weighted by Crippen LogP contribution is 2.46. The number of thiophene rings is 1. The van der Waals surface area contributed by atoms with E-state index in [-0.39, 0.29) is 11.2 Å². The van der Waals surface area contributed by atoms with Crippen LogP contribution in [0, 0.1) is 0 Å². The highest BCUT2D eigenvalue weighted by molar-refractivity contribution is 7.12. The Morgan fingerprint density at radius 1 is 0.897 bits per heavy atom. The summed E-state index contributed by atoms with van der Waals surface area (Å²) in [5.74, 6) is 0.0353. The maximum absolute atomic E-state index is 15.4. The lowest BCUT2D eigenvalue weighted by molar-refractivity contribution is 0.418. The third kappa shape index (κ3) is 5.69. The summed E-state index contributed by atoms with van der Waals surface area (Å²) in [5, 5.41) is 0. The number of rotatable bonds is 11. The van der Waals surface area contributed by atoms with Crippen LogP contribution in [0.1, 0.15) is 87.0 Å². The molecule has 0 N–H and O–H groups in total. The van der Waals surface area contributed by atoms with Gasteiger partial charge < -0.3 is 0 Å². The molecule has 29 heavy (non-hydrogen) atoms. The van der Waals surface area contributed by atoms with Crippen molar-refractivity contribution in [2.24, 2.45) is 0 Å². The number of halogens is 1. The fourth-order valence-electron chi connectivity index (χ4n) is 4.30. The van der Waals surface area contributed by atoms with E-state index in [0.29, 0.717) is 6.42 Å². The Bertz CT molecular complexity index is 814. The molecule has 0 nitrogen and oxygen atoms in total. The van der Waals surface area contributed by atoms with Crippen LogP contribution in [0.3, 0.4) is 0 Å². The lowest BCUT2D eigenvalue weighted by Crippen LogP contribution is -2.25. The molecule has 0 spiro atoms. The predicted molar refractivity (Wildman–Crippen MR) is 126 cm³/mol. The van der Waals surface area contributed by atoms with Gasteiger partial charge in [-0.2, -0.15) is 0 Å². The van der Waals surface area contributed by atoms with E-state index in [1.54, 1.807) is 0 Å². The second-order valence-electron chi connectivity index (χ2n) is 8.38. The lowest BCUT2D eigenvalue weighted by atomic mass is 9.73. The maximum atomic E-state index is 15.4. The van der Waals surface area contributed by atoms with Crippen molar-refractivity contribution >= 4 is 16.9 Å². The van der Waals surface area contributed by atoms with Gasteiger partial charge in [-0.3, -0.25) is 0 Å². The Morgan fingerprint density at radius 2 is 1.66 bits per heavy atom. The minimum atomic E-state index is -0.177. The van der Waals surface area contributed by atoms with Crippen LogP contribution in [0.5, 0.6) is 0 Å². The zero-order chi connectivity index (χ0) is 20.5. The quantitative estimate of drug-likeness (QED) is 0.324. The van der Waals surface area contributed by atoms with E-state index in [9.17, 15) is 0 Å². The van der Waals surface area contributed by atoms with Crippen LogP contribution in [0.15, 0.2) is 60.4 Å². The molecule has 0 fully saturated rings. The van der Waals surface area contributed by atoms with Crippen molar-refractivity contribution in [1.29, 1.82) is 0 Å². The SMILES string of the molecule is CCCCCCc1ccc(C2(CCCCC)C=CC(c3ccccc3)=C(F)C2)s1. The molecule has 156 valence electrons. The molecule has 1 unspecified atom stereocenters. The summed E-state index contributed by atoms with van der Waals surface area (Å²) in [4.78, 5) is 2.80. The lowest BCUT2D eigenvalue weighted by Gasteiger charge is -2.33. The molecule has 1 aromatic carbocycles. The van der Waals surface area contributed by atoms with Gasteiger partial charge >= 0.3 is 0 Å². The van der Waals surface area contributed by atoms with Crippen LogP contribution < -0.4 is 0 Å². The van der Waals surface area contributed by atoms with Gasteiger partial charge in [0, 0.05) is 27.2 Å². The number of allylic oxidation sites excluding steroid dienone is 4. The molecule has 2 heteroatoms. The molecule has 0 aliphatic heterocycles. The van der Waals surface area contributed by atoms with Crippen LogP contribution >= 0.6 is 11.3 Å². The van der Waals surface area contributed by atoms with Crippen molar-refractivity contribution in [3.63, 3.8) is 0 Å². The average Bonchev–Trinajstić information content (AvgIpc) is 3.22. The first-order chi connectivity index (χ1) is 14.2. The Hall–Kier alpha value is -1.67. The van der Waals surface area contributed by atoms with Crippen LogP contribution in [0.25, 0.3) is 5.57 Å². The smallest absolute Gasteiger partial charge is 0.109 e. The van der Waals surface area contributed by atoms with Gasteiger partial charge in [0.1, 0.15) is 5.83 Å². The largest absolute Gasteiger partial charge is 0.211 e. The van der Waals surface area contributed by atoms with E-state index < -0.39 is 0 Å². The zero-order valence-electron chi connectivity index (χ0n) is 18.1. The van der Waals surface area contributed by atoms with Gasteiger partial charge in [-0.1, -0.05) is 94.9 Å². The minimum absolute atomic E-state index is 0.0353. The summed E-state index contributed by atoms with van der Waals surface area (Å²) in [6.45, 7) is 4.49. The van der Waals surface area contributed by atoms with Gasteiger partial charge in [-0.25, -0.2) is 4.39 Å². The molecule has 0 bridgehead atoms. The zero-order valence-corrected chi connectivity index (χ0v) is 18.9. The molecule has 1 aliphatic rings. The van der Waals surface area contributed by atoms with Gasteiger partial charge in [-0.05, 0) is 37.0 Å². The molecule has 0 amide bonds. The van der Waals surface area contributed by atoms with E-state index in [0.717, 1.165) is 30.4 Å². The summed E-state index contributed by atoms with van der Waals surface area (Å²) < 4.78 is 15.4. The normalized spacial score (nSPS) is 19.1. The number of unbranched alkanes of at least 4 members (excludes halogenated alkanes) is 5. The summed E-state index contributed by atoms with van der Waals surface area (Å²) in [6, 6.07) is 14.5. The predicted octanol–water partition coefficient (Wildman–Crippen LogP) is 9.03. The van der Waals surface area contributed by atoms with E-state index in [4.69, 9.17) is 0 Å². The first kappa shape index (κ1) is 22.0. The Kier molecular flexibility index (Phi) is 8.29. The molecule has 0 saturated carbocycles. The van der Waals surface area contributed by atoms with Gasteiger partial charge in [0.25, 0.3) is 0 Å². The fourth-order valence-corrected chi connectivity index (χ4v) is 5.54. The van der Waals surface area contributed by atoms with Crippen molar-refractivity contribution in [1.82, 2.24) is 0 Å².